The number of benzene rings is 2. The predicted octanol–water partition coefficient (Wildman–Crippen LogP) is 8.27. The van der Waals surface area contributed by atoms with Gasteiger partial charge in [0.25, 0.3) is 11.8 Å². The number of ether oxygens (including phenoxy) is 1. The molecule has 0 atom stereocenters. The minimum Gasteiger partial charge on any atom is -0.494 e. The van der Waals surface area contributed by atoms with E-state index in [4.69, 9.17) is 16.3 Å². The predicted molar refractivity (Wildman–Crippen MR) is 149 cm³/mol. The monoisotopic (exact) mass is 514 g/mol. The zero-order valence-corrected chi connectivity index (χ0v) is 22.6. The minimum absolute atomic E-state index is 0.393. The van der Waals surface area contributed by atoms with Crippen LogP contribution in [0.3, 0.4) is 0 Å². The van der Waals surface area contributed by atoms with Crippen molar-refractivity contribution in [1.29, 1.82) is 0 Å². The summed E-state index contributed by atoms with van der Waals surface area (Å²) in [5.41, 5.74) is 5.67. The molecule has 2 N–H and O–H groups in total. The van der Waals surface area contributed by atoms with Gasteiger partial charge in [0.05, 0.1) is 6.61 Å². The molecule has 0 aliphatic heterocycles. The fraction of sp³-hybridized carbons (Fsp3) is 0.533. The van der Waals surface area contributed by atoms with Crippen molar-refractivity contribution in [1.82, 2.24) is 10.9 Å². The summed E-state index contributed by atoms with van der Waals surface area (Å²) in [4.78, 5) is 24.3. The lowest BCUT2D eigenvalue weighted by atomic mass is 10.0. The molecular formula is C30H43ClN2O3. The molecule has 0 radical (unpaired) electrons. The Balaban J connectivity index is 1.47. The third kappa shape index (κ3) is 13.0. The molecule has 0 aromatic heterocycles. The first kappa shape index (κ1) is 29.7. The fourth-order valence-corrected chi connectivity index (χ4v) is 4.17. The van der Waals surface area contributed by atoms with E-state index in [-0.39, 0.29) is 0 Å². The summed E-state index contributed by atoms with van der Waals surface area (Å²) >= 11 is 5.82. The van der Waals surface area contributed by atoms with Gasteiger partial charge in [0.15, 0.2) is 0 Å². The molecule has 0 unspecified atom stereocenters. The van der Waals surface area contributed by atoms with Gasteiger partial charge in [-0.2, -0.15) is 0 Å². The van der Waals surface area contributed by atoms with Crippen LogP contribution in [-0.4, -0.2) is 18.4 Å². The number of carbonyl (C=O) groups excluding carboxylic acids is 2. The van der Waals surface area contributed by atoms with E-state index in [1.807, 2.05) is 0 Å². The highest BCUT2D eigenvalue weighted by atomic mass is 35.5. The maximum absolute atomic E-state index is 12.3. The molecule has 0 saturated carbocycles. The molecule has 0 aliphatic carbocycles. The lowest BCUT2D eigenvalue weighted by Crippen LogP contribution is -2.41. The lowest BCUT2D eigenvalue weighted by Gasteiger charge is -2.09. The first-order valence-electron chi connectivity index (χ1n) is 13.7. The highest BCUT2D eigenvalue weighted by Crippen LogP contribution is 2.15. The van der Waals surface area contributed by atoms with Gasteiger partial charge in [-0.15, -0.1) is 0 Å². The molecule has 0 spiro atoms. The van der Waals surface area contributed by atoms with E-state index in [0.29, 0.717) is 22.8 Å². The summed E-state index contributed by atoms with van der Waals surface area (Å²) in [5.74, 6) is -0.0598. The van der Waals surface area contributed by atoms with Gasteiger partial charge in [0.2, 0.25) is 0 Å². The van der Waals surface area contributed by atoms with Crippen LogP contribution < -0.4 is 15.6 Å². The zero-order chi connectivity index (χ0) is 25.8. The summed E-state index contributed by atoms with van der Waals surface area (Å²) in [7, 11) is 0. The zero-order valence-electron chi connectivity index (χ0n) is 21.8. The summed E-state index contributed by atoms with van der Waals surface area (Å²) in [5, 5.41) is 0.544. The highest BCUT2D eigenvalue weighted by Gasteiger charge is 2.09. The number of hydrazine groups is 1. The number of unbranched alkanes of at least 4 members (excludes halogenated alkanes) is 13. The molecule has 2 rings (SSSR count). The molecule has 2 amide bonds. The van der Waals surface area contributed by atoms with Crippen molar-refractivity contribution < 1.29 is 14.3 Å². The number of hydrogen-bond donors (Lipinski definition) is 2. The third-order valence-electron chi connectivity index (χ3n) is 6.28. The Kier molecular flexibility index (Phi) is 15.4. The van der Waals surface area contributed by atoms with Gasteiger partial charge in [0.1, 0.15) is 5.75 Å². The fourth-order valence-electron chi connectivity index (χ4n) is 4.05. The van der Waals surface area contributed by atoms with Crippen LogP contribution >= 0.6 is 11.6 Å². The van der Waals surface area contributed by atoms with Gasteiger partial charge in [-0.1, -0.05) is 102 Å². The van der Waals surface area contributed by atoms with Gasteiger partial charge < -0.3 is 4.74 Å². The SMILES string of the molecule is CCCCCCCCCCCCCCCCOc1ccc(C(=O)NNC(=O)c2ccc(Cl)cc2)cc1. The average molecular weight is 515 g/mol. The molecule has 2 aromatic carbocycles. The maximum atomic E-state index is 12.3. The van der Waals surface area contributed by atoms with Crippen LogP contribution in [0.25, 0.3) is 0 Å². The molecule has 0 bridgehead atoms. The first-order chi connectivity index (χ1) is 17.6. The number of amides is 2. The Morgan fingerprint density at radius 3 is 1.44 bits per heavy atom. The molecule has 0 aliphatic rings. The Hall–Kier alpha value is -2.53. The van der Waals surface area contributed by atoms with Crippen LogP contribution in [0.5, 0.6) is 5.75 Å². The van der Waals surface area contributed by atoms with Crippen molar-refractivity contribution in [2.24, 2.45) is 0 Å². The van der Waals surface area contributed by atoms with E-state index in [9.17, 15) is 9.59 Å². The van der Waals surface area contributed by atoms with E-state index in [0.717, 1.165) is 12.2 Å². The van der Waals surface area contributed by atoms with Crippen molar-refractivity contribution in [2.45, 2.75) is 96.8 Å². The number of rotatable bonds is 18. The minimum atomic E-state index is -0.409. The number of hydrogen-bond acceptors (Lipinski definition) is 3. The van der Waals surface area contributed by atoms with Crippen LogP contribution in [0.15, 0.2) is 48.5 Å². The second kappa shape index (κ2) is 18.7. The van der Waals surface area contributed by atoms with E-state index < -0.39 is 11.8 Å². The van der Waals surface area contributed by atoms with Gasteiger partial charge in [-0.25, -0.2) is 0 Å². The molecule has 36 heavy (non-hydrogen) atoms. The summed E-state index contributed by atoms with van der Waals surface area (Å²) in [6.07, 6.45) is 18.7. The Morgan fingerprint density at radius 2 is 1.00 bits per heavy atom. The largest absolute Gasteiger partial charge is 0.494 e. The van der Waals surface area contributed by atoms with Gasteiger partial charge in [-0.05, 0) is 55.0 Å². The van der Waals surface area contributed by atoms with Gasteiger partial charge >= 0.3 is 0 Å². The standard InChI is InChI=1S/C30H43ClN2O3/c1-2-3-4-5-6-7-8-9-10-11-12-13-14-15-24-36-28-22-18-26(19-23-28)30(35)33-32-29(34)25-16-20-27(31)21-17-25/h16-23H,2-15,24H2,1H3,(H,32,34)(H,33,35). The third-order valence-corrected chi connectivity index (χ3v) is 6.53. The molecular weight excluding hydrogens is 472 g/mol. The van der Waals surface area contributed by atoms with Crippen LogP contribution in [-0.2, 0) is 0 Å². The lowest BCUT2D eigenvalue weighted by molar-refractivity contribution is 0.0846. The van der Waals surface area contributed by atoms with Crippen molar-refractivity contribution in [2.75, 3.05) is 6.61 Å². The Labute approximate surface area is 222 Å². The summed E-state index contributed by atoms with van der Waals surface area (Å²) < 4.78 is 5.80. The van der Waals surface area contributed by atoms with Gasteiger partial charge in [-0.3, -0.25) is 20.4 Å². The summed E-state index contributed by atoms with van der Waals surface area (Å²) in [6.45, 7) is 2.95. The maximum Gasteiger partial charge on any atom is 0.269 e. The van der Waals surface area contributed by atoms with E-state index in [2.05, 4.69) is 17.8 Å². The Bertz CT molecular complexity index is 869. The van der Waals surface area contributed by atoms with Crippen molar-refractivity contribution in [3.63, 3.8) is 0 Å². The molecule has 6 heteroatoms. The second-order valence-corrected chi connectivity index (χ2v) is 9.82. The molecule has 5 nitrogen and oxygen atoms in total. The smallest absolute Gasteiger partial charge is 0.269 e. The van der Waals surface area contributed by atoms with Crippen LogP contribution in [0, 0.1) is 0 Å². The number of carbonyl (C=O) groups is 2. The molecule has 0 heterocycles. The topological polar surface area (TPSA) is 67.4 Å². The number of halogens is 1. The van der Waals surface area contributed by atoms with Crippen LogP contribution in [0.4, 0.5) is 0 Å². The van der Waals surface area contributed by atoms with Crippen molar-refractivity contribution >= 4 is 23.4 Å². The normalized spacial score (nSPS) is 10.7. The molecule has 0 saturated heterocycles. The van der Waals surface area contributed by atoms with E-state index >= 15 is 0 Å². The van der Waals surface area contributed by atoms with Crippen LogP contribution in [0.2, 0.25) is 5.02 Å². The average Bonchev–Trinajstić information content (AvgIpc) is 2.90. The second-order valence-electron chi connectivity index (χ2n) is 9.38. The quantitative estimate of drug-likeness (QED) is 0.155. The van der Waals surface area contributed by atoms with Gasteiger partial charge in [0, 0.05) is 16.1 Å². The van der Waals surface area contributed by atoms with E-state index in [1.165, 1.54) is 83.5 Å². The van der Waals surface area contributed by atoms with E-state index in [1.54, 1.807) is 48.5 Å². The molecule has 0 fully saturated rings. The number of nitrogens with one attached hydrogen (secondary N) is 2. The Morgan fingerprint density at radius 1 is 0.611 bits per heavy atom. The summed E-state index contributed by atoms with van der Waals surface area (Å²) in [6, 6.07) is 13.3. The molecule has 2 aromatic rings. The molecule has 198 valence electrons. The van der Waals surface area contributed by atoms with Crippen LogP contribution in [0.1, 0.15) is 118 Å². The van der Waals surface area contributed by atoms with Crippen molar-refractivity contribution in [3.8, 4) is 5.75 Å². The highest BCUT2D eigenvalue weighted by molar-refractivity contribution is 6.30. The first-order valence-corrected chi connectivity index (χ1v) is 14.1. The van der Waals surface area contributed by atoms with Crippen molar-refractivity contribution in [3.05, 3.63) is 64.7 Å².